The minimum Gasteiger partial charge on any atom is -0.421 e. The number of hydrogen-bond donors (Lipinski definition) is 1. The van der Waals surface area contributed by atoms with Gasteiger partial charge in [0, 0.05) is 30.3 Å². The van der Waals surface area contributed by atoms with Crippen LogP contribution in [0.25, 0.3) is 22.5 Å². The van der Waals surface area contributed by atoms with E-state index in [0.29, 0.717) is 24.6 Å². The standard InChI is InChI=1S/C20H19N5O2S/c26-18(8-7-17-23-24-20(27-17)13-9-11-28-12-13)25-10-3-6-16(25)19-21-14-4-1-2-5-15(14)22-19/h1-2,4-5,9,11-12,16H,3,6-8,10H2,(H,21,22). The number of nitrogens with zero attached hydrogens (tertiary/aromatic N) is 4. The molecule has 142 valence electrons. The third-order valence-corrected chi connectivity index (χ3v) is 5.77. The van der Waals surface area contributed by atoms with Crippen molar-refractivity contribution in [3.05, 3.63) is 52.8 Å². The van der Waals surface area contributed by atoms with Gasteiger partial charge >= 0.3 is 0 Å². The van der Waals surface area contributed by atoms with Crippen molar-refractivity contribution in [2.45, 2.75) is 31.7 Å². The van der Waals surface area contributed by atoms with Crippen molar-refractivity contribution in [2.24, 2.45) is 0 Å². The van der Waals surface area contributed by atoms with E-state index in [0.717, 1.165) is 41.8 Å². The minimum absolute atomic E-state index is 0.00366. The molecule has 5 rings (SSSR count). The number of aryl methyl sites for hydroxylation is 1. The molecule has 1 fully saturated rings. The summed E-state index contributed by atoms with van der Waals surface area (Å²) >= 11 is 1.58. The summed E-state index contributed by atoms with van der Waals surface area (Å²) in [6.45, 7) is 0.754. The number of carbonyl (C=O) groups is 1. The summed E-state index contributed by atoms with van der Waals surface area (Å²) in [6.07, 6.45) is 2.70. The monoisotopic (exact) mass is 393 g/mol. The van der Waals surface area contributed by atoms with E-state index < -0.39 is 0 Å². The zero-order valence-electron chi connectivity index (χ0n) is 15.2. The Morgan fingerprint density at radius 1 is 1.29 bits per heavy atom. The Morgan fingerprint density at radius 3 is 3.07 bits per heavy atom. The van der Waals surface area contributed by atoms with Crippen LogP contribution in [0.4, 0.5) is 0 Å². The number of hydrogen-bond acceptors (Lipinski definition) is 6. The second-order valence-corrected chi connectivity index (χ2v) is 7.68. The number of para-hydroxylation sites is 2. The number of thiophene rings is 1. The molecule has 0 radical (unpaired) electrons. The Morgan fingerprint density at radius 2 is 2.21 bits per heavy atom. The van der Waals surface area contributed by atoms with E-state index >= 15 is 0 Å². The minimum atomic E-state index is 0.00366. The molecule has 0 spiro atoms. The number of imidazole rings is 1. The second-order valence-electron chi connectivity index (χ2n) is 6.90. The van der Waals surface area contributed by atoms with Gasteiger partial charge in [0.25, 0.3) is 0 Å². The first-order valence-corrected chi connectivity index (χ1v) is 10.3. The lowest BCUT2D eigenvalue weighted by Gasteiger charge is -2.23. The first kappa shape index (κ1) is 17.1. The summed E-state index contributed by atoms with van der Waals surface area (Å²) < 4.78 is 5.69. The van der Waals surface area contributed by atoms with Crippen LogP contribution in [0.5, 0.6) is 0 Å². The van der Waals surface area contributed by atoms with Crippen molar-refractivity contribution in [1.82, 2.24) is 25.1 Å². The predicted molar refractivity (Wildman–Crippen MR) is 106 cm³/mol. The van der Waals surface area contributed by atoms with E-state index in [1.807, 2.05) is 46.0 Å². The summed E-state index contributed by atoms with van der Waals surface area (Å²) in [4.78, 5) is 22.8. The average Bonchev–Trinajstić information content (AvgIpc) is 3.50. The summed E-state index contributed by atoms with van der Waals surface area (Å²) in [5, 5.41) is 12.1. The number of aromatic nitrogens is 4. The Balaban J connectivity index is 1.27. The van der Waals surface area contributed by atoms with Crippen molar-refractivity contribution < 1.29 is 9.21 Å². The smallest absolute Gasteiger partial charge is 0.248 e. The number of nitrogens with one attached hydrogen (secondary N) is 1. The van der Waals surface area contributed by atoms with Gasteiger partial charge in [0.2, 0.25) is 17.7 Å². The van der Waals surface area contributed by atoms with Crippen molar-refractivity contribution in [3.8, 4) is 11.5 Å². The maximum atomic E-state index is 12.8. The molecule has 0 saturated carbocycles. The van der Waals surface area contributed by atoms with Gasteiger partial charge < -0.3 is 14.3 Å². The molecule has 1 aliphatic heterocycles. The number of H-pyrrole nitrogens is 1. The van der Waals surface area contributed by atoms with Gasteiger partial charge in [0.15, 0.2) is 0 Å². The van der Waals surface area contributed by atoms with Crippen molar-refractivity contribution in [3.63, 3.8) is 0 Å². The second kappa shape index (κ2) is 7.20. The van der Waals surface area contributed by atoms with Crippen molar-refractivity contribution >= 4 is 28.3 Å². The number of likely N-dealkylation sites (tertiary alicyclic amines) is 1. The van der Waals surface area contributed by atoms with Crippen LogP contribution < -0.4 is 0 Å². The summed E-state index contributed by atoms with van der Waals surface area (Å²) in [5.74, 6) is 1.96. The molecular weight excluding hydrogens is 374 g/mol. The SMILES string of the molecule is O=C(CCc1nnc(-c2ccsc2)o1)N1CCCC1c1nc2ccccc2[nH]1. The van der Waals surface area contributed by atoms with Crippen LogP contribution in [0.2, 0.25) is 0 Å². The topological polar surface area (TPSA) is 87.9 Å². The number of amides is 1. The van der Waals surface area contributed by atoms with Gasteiger partial charge in [-0.3, -0.25) is 4.79 Å². The zero-order chi connectivity index (χ0) is 18.9. The highest BCUT2D eigenvalue weighted by atomic mass is 32.1. The molecular formula is C20H19N5O2S. The lowest BCUT2D eigenvalue weighted by molar-refractivity contribution is -0.132. The fraction of sp³-hybridized carbons (Fsp3) is 0.300. The Bertz CT molecular complexity index is 1070. The van der Waals surface area contributed by atoms with E-state index in [4.69, 9.17) is 4.42 Å². The largest absolute Gasteiger partial charge is 0.421 e. The van der Waals surface area contributed by atoms with E-state index in [1.165, 1.54) is 0 Å². The van der Waals surface area contributed by atoms with Crippen molar-refractivity contribution in [2.75, 3.05) is 6.54 Å². The Kier molecular flexibility index (Phi) is 4.40. The van der Waals surface area contributed by atoms with Gasteiger partial charge in [-0.15, -0.1) is 10.2 Å². The molecule has 3 aromatic heterocycles. The first-order valence-electron chi connectivity index (χ1n) is 9.37. The summed E-state index contributed by atoms with van der Waals surface area (Å²) in [5.41, 5.74) is 2.85. The van der Waals surface area contributed by atoms with Crippen LogP contribution in [0.15, 0.2) is 45.5 Å². The molecule has 1 atom stereocenters. The Hall–Kier alpha value is -3.00. The van der Waals surface area contributed by atoms with Gasteiger partial charge in [-0.1, -0.05) is 12.1 Å². The molecule has 7 nitrogen and oxygen atoms in total. The van der Waals surface area contributed by atoms with E-state index in [-0.39, 0.29) is 11.9 Å². The number of fused-ring (bicyclic) bond motifs is 1. The molecule has 4 aromatic rings. The number of carbonyl (C=O) groups excluding carboxylic acids is 1. The molecule has 8 heteroatoms. The number of aromatic amines is 1. The predicted octanol–water partition coefficient (Wildman–Crippen LogP) is 3.97. The maximum Gasteiger partial charge on any atom is 0.248 e. The maximum absolute atomic E-state index is 12.8. The molecule has 0 aliphatic carbocycles. The lowest BCUT2D eigenvalue weighted by Crippen LogP contribution is -2.31. The quantitative estimate of drug-likeness (QED) is 0.554. The van der Waals surface area contributed by atoms with Crippen LogP contribution in [-0.4, -0.2) is 37.5 Å². The highest BCUT2D eigenvalue weighted by Gasteiger charge is 2.32. The molecule has 1 N–H and O–H groups in total. The molecule has 1 aliphatic rings. The van der Waals surface area contributed by atoms with Crippen LogP contribution in [0, 0.1) is 0 Å². The van der Waals surface area contributed by atoms with E-state index in [2.05, 4.69) is 20.2 Å². The third-order valence-electron chi connectivity index (χ3n) is 5.08. The molecule has 1 amide bonds. The van der Waals surface area contributed by atoms with E-state index in [1.54, 1.807) is 11.3 Å². The third kappa shape index (κ3) is 3.20. The fourth-order valence-corrected chi connectivity index (χ4v) is 4.32. The van der Waals surface area contributed by atoms with Gasteiger partial charge in [-0.05, 0) is 36.4 Å². The number of rotatable bonds is 5. The Labute approximate surface area is 165 Å². The molecule has 0 bridgehead atoms. The van der Waals surface area contributed by atoms with Gasteiger partial charge in [0.05, 0.1) is 17.1 Å². The molecule has 28 heavy (non-hydrogen) atoms. The molecule has 4 heterocycles. The number of benzene rings is 1. The zero-order valence-corrected chi connectivity index (χ0v) is 16.0. The lowest BCUT2D eigenvalue weighted by atomic mass is 10.2. The molecule has 1 saturated heterocycles. The van der Waals surface area contributed by atoms with Crippen LogP contribution in [0.1, 0.15) is 37.0 Å². The highest BCUT2D eigenvalue weighted by Crippen LogP contribution is 2.32. The van der Waals surface area contributed by atoms with Crippen LogP contribution in [-0.2, 0) is 11.2 Å². The molecule has 1 aromatic carbocycles. The van der Waals surface area contributed by atoms with Crippen molar-refractivity contribution in [1.29, 1.82) is 0 Å². The average molecular weight is 393 g/mol. The fourth-order valence-electron chi connectivity index (χ4n) is 3.69. The van der Waals surface area contributed by atoms with E-state index in [9.17, 15) is 4.79 Å². The van der Waals surface area contributed by atoms with Crippen LogP contribution >= 0.6 is 11.3 Å². The van der Waals surface area contributed by atoms with Gasteiger partial charge in [-0.2, -0.15) is 11.3 Å². The van der Waals surface area contributed by atoms with Gasteiger partial charge in [-0.25, -0.2) is 4.98 Å². The summed E-state index contributed by atoms with van der Waals surface area (Å²) in [6, 6.07) is 9.89. The first-order chi connectivity index (χ1) is 13.8. The van der Waals surface area contributed by atoms with Crippen LogP contribution in [0.3, 0.4) is 0 Å². The highest BCUT2D eigenvalue weighted by molar-refractivity contribution is 7.08. The normalized spacial score (nSPS) is 16.9. The summed E-state index contributed by atoms with van der Waals surface area (Å²) in [7, 11) is 0. The molecule has 1 unspecified atom stereocenters. The van der Waals surface area contributed by atoms with Gasteiger partial charge in [0.1, 0.15) is 5.82 Å².